The number of thiocarbonyl (C=S) groups is 1. The third kappa shape index (κ3) is 2.55. The molecule has 0 amide bonds. The molecule has 0 heterocycles. The minimum atomic E-state index is 0.0456. The Balaban J connectivity index is 2.93. The van der Waals surface area contributed by atoms with E-state index >= 15 is 0 Å². The molecule has 1 aromatic carbocycles. The van der Waals surface area contributed by atoms with Crippen LogP contribution >= 0.6 is 12.2 Å². The Morgan fingerprint density at radius 2 is 1.64 bits per heavy atom. The zero-order valence-corrected chi connectivity index (χ0v) is 9.94. The van der Waals surface area contributed by atoms with Gasteiger partial charge in [0, 0.05) is 4.86 Å². The molecule has 1 aromatic rings. The van der Waals surface area contributed by atoms with Crippen LogP contribution in [0, 0.1) is 5.41 Å². The van der Waals surface area contributed by atoms with Crippen LogP contribution in [0.1, 0.15) is 26.3 Å². The summed E-state index contributed by atoms with van der Waals surface area (Å²) in [6.45, 7) is 6.37. The minimum Gasteiger partial charge on any atom is -0.497 e. The van der Waals surface area contributed by atoms with Crippen molar-refractivity contribution in [3.8, 4) is 5.75 Å². The molecule has 0 bridgehead atoms. The van der Waals surface area contributed by atoms with Gasteiger partial charge in [-0.25, -0.2) is 0 Å². The third-order valence-electron chi connectivity index (χ3n) is 2.03. The van der Waals surface area contributed by atoms with E-state index in [1.54, 1.807) is 7.11 Å². The van der Waals surface area contributed by atoms with E-state index in [0.29, 0.717) is 0 Å². The van der Waals surface area contributed by atoms with Gasteiger partial charge >= 0.3 is 0 Å². The Morgan fingerprint density at radius 1 is 1.14 bits per heavy atom. The van der Waals surface area contributed by atoms with Crippen LogP contribution < -0.4 is 4.74 Å². The Kier molecular flexibility index (Phi) is 3.27. The summed E-state index contributed by atoms with van der Waals surface area (Å²) < 4.78 is 5.09. The summed E-state index contributed by atoms with van der Waals surface area (Å²) in [6.07, 6.45) is 0. The lowest BCUT2D eigenvalue weighted by Gasteiger charge is -2.20. The van der Waals surface area contributed by atoms with Gasteiger partial charge in [0.1, 0.15) is 5.75 Å². The van der Waals surface area contributed by atoms with Crippen LogP contribution in [0.5, 0.6) is 5.75 Å². The van der Waals surface area contributed by atoms with Crippen LogP contribution in [0.15, 0.2) is 24.3 Å². The van der Waals surface area contributed by atoms with Gasteiger partial charge in [0.05, 0.1) is 7.11 Å². The summed E-state index contributed by atoms with van der Waals surface area (Å²) in [7, 11) is 1.66. The van der Waals surface area contributed by atoms with Gasteiger partial charge in [-0.3, -0.25) is 0 Å². The van der Waals surface area contributed by atoms with E-state index in [0.717, 1.165) is 16.2 Å². The molecule has 14 heavy (non-hydrogen) atoms. The molecule has 0 fully saturated rings. The number of ether oxygens (including phenoxy) is 1. The Morgan fingerprint density at radius 3 is 2.00 bits per heavy atom. The lowest BCUT2D eigenvalue weighted by atomic mass is 9.88. The molecule has 0 unspecified atom stereocenters. The fraction of sp³-hybridized carbons (Fsp3) is 0.417. The minimum absolute atomic E-state index is 0.0456. The molecule has 0 atom stereocenters. The number of hydrogen-bond acceptors (Lipinski definition) is 2. The van der Waals surface area contributed by atoms with Crippen molar-refractivity contribution in [2.75, 3.05) is 7.11 Å². The summed E-state index contributed by atoms with van der Waals surface area (Å²) in [5.41, 5.74) is 1.15. The second kappa shape index (κ2) is 4.09. The van der Waals surface area contributed by atoms with Crippen LogP contribution in [0.3, 0.4) is 0 Å². The average molecular weight is 208 g/mol. The molecule has 0 spiro atoms. The van der Waals surface area contributed by atoms with E-state index < -0.39 is 0 Å². The predicted octanol–water partition coefficient (Wildman–Crippen LogP) is 3.46. The second-order valence-electron chi connectivity index (χ2n) is 4.31. The number of hydrogen-bond donors (Lipinski definition) is 0. The van der Waals surface area contributed by atoms with Gasteiger partial charge in [0.25, 0.3) is 0 Å². The summed E-state index contributed by atoms with van der Waals surface area (Å²) in [4.78, 5) is 0.986. The summed E-state index contributed by atoms with van der Waals surface area (Å²) >= 11 is 5.40. The largest absolute Gasteiger partial charge is 0.497 e. The van der Waals surface area contributed by atoms with Crippen molar-refractivity contribution in [2.45, 2.75) is 20.8 Å². The van der Waals surface area contributed by atoms with Crippen molar-refractivity contribution in [3.63, 3.8) is 0 Å². The van der Waals surface area contributed by atoms with Crippen molar-refractivity contribution in [3.05, 3.63) is 29.8 Å². The molecular weight excluding hydrogens is 192 g/mol. The van der Waals surface area contributed by atoms with Crippen molar-refractivity contribution < 1.29 is 4.74 Å². The summed E-state index contributed by atoms with van der Waals surface area (Å²) in [6, 6.07) is 7.89. The third-order valence-corrected chi connectivity index (χ3v) is 2.88. The van der Waals surface area contributed by atoms with Crippen molar-refractivity contribution >= 4 is 17.1 Å². The maximum absolute atomic E-state index is 5.40. The first-order valence-electron chi connectivity index (χ1n) is 4.64. The van der Waals surface area contributed by atoms with E-state index in [1.807, 2.05) is 24.3 Å². The predicted molar refractivity (Wildman–Crippen MR) is 64.1 cm³/mol. The van der Waals surface area contributed by atoms with Crippen LogP contribution in [0.2, 0.25) is 0 Å². The highest BCUT2D eigenvalue weighted by molar-refractivity contribution is 7.81. The molecule has 0 aliphatic heterocycles. The average Bonchev–Trinajstić information content (AvgIpc) is 2.15. The smallest absolute Gasteiger partial charge is 0.118 e. The zero-order chi connectivity index (χ0) is 10.8. The van der Waals surface area contributed by atoms with E-state index in [2.05, 4.69) is 20.8 Å². The molecule has 0 radical (unpaired) electrons. The first kappa shape index (κ1) is 11.2. The Labute approximate surface area is 91.1 Å². The van der Waals surface area contributed by atoms with Crippen LogP contribution in [0.25, 0.3) is 0 Å². The maximum atomic E-state index is 5.40. The van der Waals surface area contributed by atoms with Crippen molar-refractivity contribution in [1.29, 1.82) is 0 Å². The SMILES string of the molecule is COc1ccc(C(=S)C(C)(C)C)cc1. The summed E-state index contributed by atoms with van der Waals surface area (Å²) in [5.74, 6) is 0.866. The molecule has 0 aromatic heterocycles. The Bertz CT molecular complexity index is 319. The molecular formula is C12H16OS. The fourth-order valence-electron chi connectivity index (χ4n) is 1.18. The van der Waals surface area contributed by atoms with E-state index in [-0.39, 0.29) is 5.41 Å². The highest BCUT2D eigenvalue weighted by atomic mass is 32.1. The lowest BCUT2D eigenvalue weighted by molar-refractivity contribution is 0.415. The van der Waals surface area contributed by atoms with E-state index in [1.165, 1.54) is 0 Å². The van der Waals surface area contributed by atoms with Gasteiger partial charge in [0.15, 0.2) is 0 Å². The first-order valence-corrected chi connectivity index (χ1v) is 5.05. The molecule has 0 saturated heterocycles. The number of rotatable bonds is 2. The fourth-order valence-corrected chi connectivity index (χ4v) is 1.31. The first-order chi connectivity index (χ1) is 6.45. The number of benzene rings is 1. The molecule has 1 rings (SSSR count). The molecule has 2 heteroatoms. The topological polar surface area (TPSA) is 9.23 Å². The van der Waals surface area contributed by atoms with Gasteiger partial charge in [-0.2, -0.15) is 0 Å². The van der Waals surface area contributed by atoms with Crippen LogP contribution in [0.4, 0.5) is 0 Å². The zero-order valence-electron chi connectivity index (χ0n) is 9.13. The van der Waals surface area contributed by atoms with Gasteiger partial charge in [0.2, 0.25) is 0 Å². The molecule has 76 valence electrons. The quantitative estimate of drug-likeness (QED) is 0.544. The van der Waals surface area contributed by atoms with E-state index in [4.69, 9.17) is 17.0 Å². The number of methoxy groups -OCH3 is 1. The van der Waals surface area contributed by atoms with Gasteiger partial charge < -0.3 is 4.74 Å². The lowest BCUT2D eigenvalue weighted by Crippen LogP contribution is -2.18. The van der Waals surface area contributed by atoms with Gasteiger partial charge in [-0.1, -0.05) is 45.1 Å². The summed E-state index contributed by atoms with van der Waals surface area (Å²) in [5, 5.41) is 0. The Hall–Kier alpha value is -0.890. The highest BCUT2D eigenvalue weighted by Gasteiger charge is 2.18. The van der Waals surface area contributed by atoms with E-state index in [9.17, 15) is 0 Å². The standard InChI is InChI=1S/C12H16OS/c1-12(2,3)11(14)9-5-7-10(13-4)8-6-9/h5-8H,1-4H3. The van der Waals surface area contributed by atoms with Crippen LogP contribution in [-0.2, 0) is 0 Å². The van der Waals surface area contributed by atoms with Gasteiger partial charge in [-0.15, -0.1) is 0 Å². The molecule has 0 aliphatic carbocycles. The molecule has 1 nitrogen and oxygen atoms in total. The monoisotopic (exact) mass is 208 g/mol. The van der Waals surface area contributed by atoms with Crippen molar-refractivity contribution in [2.24, 2.45) is 5.41 Å². The molecule has 0 N–H and O–H groups in total. The highest BCUT2D eigenvalue weighted by Crippen LogP contribution is 2.23. The van der Waals surface area contributed by atoms with Crippen LogP contribution in [-0.4, -0.2) is 12.0 Å². The van der Waals surface area contributed by atoms with Gasteiger partial charge in [-0.05, 0) is 23.1 Å². The second-order valence-corrected chi connectivity index (χ2v) is 4.72. The maximum Gasteiger partial charge on any atom is 0.118 e. The molecule has 0 saturated carbocycles. The molecule has 0 aliphatic rings. The van der Waals surface area contributed by atoms with Crippen molar-refractivity contribution in [1.82, 2.24) is 0 Å². The normalized spacial score (nSPS) is 11.1.